The summed E-state index contributed by atoms with van der Waals surface area (Å²) in [5.41, 5.74) is 1.05. The maximum absolute atomic E-state index is 12.1. The molecule has 1 heterocycles. The van der Waals surface area contributed by atoms with E-state index in [0.29, 0.717) is 10.8 Å². The van der Waals surface area contributed by atoms with Gasteiger partial charge in [0.1, 0.15) is 6.04 Å². The molecule has 0 bridgehead atoms. The van der Waals surface area contributed by atoms with Crippen molar-refractivity contribution in [1.82, 2.24) is 4.90 Å². The van der Waals surface area contributed by atoms with Crippen molar-refractivity contribution in [2.45, 2.75) is 24.3 Å². The molecule has 2 rings (SSSR count). The molecule has 5 nitrogen and oxygen atoms in total. The number of aliphatic hydroxyl groups excluding tert-OH is 1. The van der Waals surface area contributed by atoms with Gasteiger partial charge >= 0.3 is 5.97 Å². The summed E-state index contributed by atoms with van der Waals surface area (Å²) in [7, 11) is 0. The van der Waals surface area contributed by atoms with Crippen molar-refractivity contribution >= 4 is 35.2 Å². The molecule has 1 fully saturated rings. The third kappa shape index (κ3) is 4.36. The number of likely N-dealkylation sites (tertiary alicyclic amines) is 1. The Balaban J connectivity index is 1.84. The quantitative estimate of drug-likeness (QED) is 0.858. The zero-order chi connectivity index (χ0) is 15.4. The summed E-state index contributed by atoms with van der Waals surface area (Å²) >= 11 is 7.21. The topological polar surface area (TPSA) is 77.8 Å². The van der Waals surface area contributed by atoms with Crippen LogP contribution in [-0.2, 0) is 15.3 Å². The molecule has 0 unspecified atom stereocenters. The van der Waals surface area contributed by atoms with Crippen LogP contribution in [0.1, 0.15) is 12.0 Å². The number of aliphatic carboxylic acids is 1. The molecule has 114 valence electrons. The zero-order valence-corrected chi connectivity index (χ0v) is 12.8. The monoisotopic (exact) mass is 329 g/mol. The van der Waals surface area contributed by atoms with Gasteiger partial charge in [-0.15, -0.1) is 11.8 Å². The molecule has 21 heavy (non-hydrogen) atoms. The van der Waals surface area contributed by atoms with Gasteiger partial charge in [-0.1, -0.05) is 23.7 Å². The second-order valence-electron chi connectivity index (χ2n) is 4.91. The Morgan fingerprint density at radius 3 is 2.62 bits per heavy atom. The van der Waals surface area contributed by atoms with Crippen LogP contribution in [0.2, 0.25) is 5.02 Å². The molecule has 0 aromatic heterocycles. The lowest BCUT2D eigenvalue weighted by atomic mass is 10.2. The number of amides is 1. The van der Waals surface area contributed by atoms with E-state index >= 15 is 0 Å². The van der Waals surface area contributed by atoms with Crippen LogP contribution in [0.4, 0.5) is 0 Å². The van der Waals surface area contributed by atoms with E-state index in [1.807, 2.05) is 12.1 Å². The minimum absolute atomic E-state index is 0.0945. The Morgan fingerprint density at radius 2 is 2.00 bits per heavy atom. The van der Waals surface area contributed by atoms with Gasteiger partial charge in [-0.05, 0) is 17.7 Å². The van der Waals surface area contributed by atoms with Gasteiger partial charge in [0.25, 0.3) is 0 Å². The van der Waals surface area contributed by atoms with Gasteiger partial charge in [0.15, 0.2) is 0 Å². The fraction of sp³-hybridized carbons (Fsp3) is 0.429. The first-order chi connectivity index (χ1) is 9.97. The molecule has 2 atom stereocenters. The molecule has 1 aromatic carbocycles. The summed E-state index contributed by atoms with van der Waals surface area (Å²) in [6.07, 6.45) is -0.653. The van der Waals surface area contributed by atoms with E-state index in [1.165, 1.54) is 16.7 Å². The maximum Gasteiger partial charge on any atom is 0.326 e. The molecule has 0 radical (unpaired) electrons. The Bertz CT molecular complexity index is 522. The molecule has 1 amide bonds. The standard InChI is InChI=1S/C14H16ClNO4S/c15-10-3-1-9(2-4-10)7-21-8-13(18)16-6-11(17)5-12(16)14(19)20/h1-4,11-12,17H,5-8H2,(H,19,20)/t11-,12+/m1/s1. The smallest absolute Gasteiger partial charge is 0.326 e. The van der Waals surface area contributed by atoms with Crippen LogP contribution in [0.15, 0.2) is 24.3 Å². The van der Waals surface area contributed by atoms with Gasteiger partial charge in [0.2, 0.25) is 5.91 Å². The number of hydrogen-bond donors (Lipinski definition) is 2. The van der Waals surface area contributed by atoms with Gasteiger partial charge in [-0.25, -0.2) is 4.79 Å². The SMILES string of the molecule is O=C(O)[C@@H]1C[C@@H](O)CN1C(=O)CSCc1ccc(Cl)cc1. The molecule has 2 N–H and O–H groups in total. The Morgan fingerprint density at radius 1 is 1.33 bits per heavy atom. The minimum Gasteiger partial charge on any atom is -0.480 e. The summed E-state index contributed by atoms with van der Waals surface area (Å²) in [5, 5.41) is 19.2. The number of hydrogen-bond acceptors (Lipinski definition) is 4. The van der Waals surface area contributed by atoms with Crippen molar-refractivity contribution in [3.05, 3.63) is 34.9 Å². The first-order valence-electron chi connectivity index (χ1n) is 6.50. The van der Waals surface area contributed by atoms with Crippen molar-refractivity contribution in [3.63, 3.8) is 0 Å². The van der Waals surface area contributed by atoms with Gasteiger partial charge < -0.3 is 15.1 Å². The van der Waals surface area contributed by atoms with Crippen LogP contribution in [-0.4, -0.2) is 51.4 Å². The van der Waals surface area contributed by atoms with E-state index < -0.39 is 18.1 Å². The van der Waals surface area contributed by atoms with Crippen LogP contribution in [0.3, 0.4) is 0 Å². The van der Waals surface area contributed by atoms with E-state index in [-0.39, 0.29) is 24.6 Å². The Kier molecular flexibility index (Phi) is 5.50. The number of nitrogens with zero attached hydrogens (tertiary/aromatic N) is 1. The van der Waals surface area contributed by atoms with Crippen molar-refractivity contribution < 1.29 is 19.8 Å². The molecular formula is C14H16ClNO4S. The first-order valence-corrected chi connectivity index (χ1v) is 8.03. The van der Waals surface area contributed by atoms with Gasteiger partial charge in [0, 0.05) is 23.7 Å². The maximum atomic E-state index is 12.1. The molecule has 0 spiro atoms. The normalized spacial score (nSPS) is 21.5. The number of halogens is 1. The molecule has 0 aliphatic carbocycles. The van der Waals surface area contributed by atoms with Gasteiger partial charge in [0.05, 0.1) is 11.9 Å². The lowest BCUT2D eigenvalue weighted by Gasteiger charge is -2.20. The van der Waals surface area contributed by atoms with E-state index in [9.17, 15) is 14.7 Å². The van der Waals surface area contributed by atoms with Crippen LogP contribution in [0.5, 0.6) is 0 Å². The van der Waals surface area contributed by atoms with E-state index in [2.05, 4.69) is 0 Å². The third-order valence-electron chi connectivity index (χ3n) is 3.29. The Hall–Kier alpha value is -1.24. The number of rotatable bonds is 5. The fourth-order valence-corrected chi connectivity index (χ4v) is 3.24. The van der Waals surface area contributed by atoms with E-state index in [0.717, 1.165) is 5.56 Å². The summed E-state index contributed by atoms with van der Waals surface area (Å²) in [5.74, 6) is -0.476. The van der Waals surface area contributed by atoms with Gasteiger partial charge in [-0.3, -0.25) is 4.79 Å². The fourth-order valence-electron chi connectivity index (χ4n) is 2.24. The number of benzene rings is 1. The number of aliphatic hydroxyl groups is 1. The number of carboxylic acids is 1. The van der Waals surface area contributed by atoms with Crippen LogP contribution in [0.25, 0.3) is 0 Å². The first kappa shape index (κ1) is 16.1. The van der Waals surface area contributed by atoms with Crippen molar-refractivity contribution in [2.24, 2.45) is 0 Å². The molecule has 7 heteroatoms. The lowest BCUT2D eigenvalue weighted by molar-refractivity contribution is -0.147. The second kappa shape index (κ2) is 7.15. The van der Waals surface area contributed by atoms with Gasteiger partial charge in [-0.2, -0.15) is 0 Å². The molecule has 1 aliphatic heterocycles. The highest BCUT2D eigenvalue weighted by molar-refractivity contribution is 7.99. The lowest BCUT2D eigenvalue weighted by Crippen LogP contribution is -2.41. The zero-order valence-electron chi connectivity index (χ0n) is 11.2. The summed E-state index contributed by atoms with van der Waals surface area (Å²) in [6, 6.07) is 6.44. The number of β-amino-alcohol motifs (C(OH)–C–C–N with tert-alkyl or cyclic N) is 1. The van der Waals surface area contributed by atoms with Crippen LogP contribution < -0.4 is 0 Å². The predicted molar refractivity (Wildman–Crippen MR) is 81.4 cm³/mol. The van der Waals surface area contributed by atoms with Crippen molar-refractivity contribution in [2.75, 3.05) is 12.3 Å². The molecule has 1 aliphatic rings. The highest BCUT2D eigenvalue weighted by atomic mass is 35.5. The Labute approximate surface area is 131 Å². The van der Waals surface area contributed by atoms with Crippen molar-refractivity contribution in [1.29, 1.82) is 0 Å². The number of carboxylic acid groups (broad SMARTS) is 1. The number of thioether (sulfide) groups is 1. The molecule has 1 saturated heterocycles. The molecular weight excluding hydrogens is 314 g/mol. The highest BCUT2D eigenvalue weighted by Crippen LogP contribution is 2.21. The summed E-state index contributed by atoms with van der Waals surface area (Å²) < 4.78 is 0. The van der Waals surface area contributed by atoms with Crippen LogP contribution >= 0.6 is 23.4 Å². The average Bonchev–Trinajstić information content (AvgIpc) is 2.83. The van der Waals surface area contributed by atoms with Crippen molar-refractivity contribution in [3.8, 4) is 0 Å². The average molecular weight is 330 g/mol. The van der Waals surface area contributed by atoms with E-state index in [1.54, 1.807) is 12.1 Å². The molecule has 1 aromatic rings. The largest absolute Gasteiger partial charge is 0.480 e. The summed E-state index contributed by atoms with van der Waals surface area (Å²) in [4.78, 5) is 24.4. The third-order valence-corrected chi connectivity index (χ3v) is 4.53. The summed E-state index contributed by atoms with van der Waals surface area (Å²) in [6.45, 7) is 0.0945. The van der Waals surface area contributed by atoms with E-state index in [4.69, 9.17) is 16.7 Å². The minimum atomic E-state index is -1.07. The molecule has 0 saturated carbocycles. The predicted octanol–water partition coefficient (Wildman–Crippen LogP) is 1.62. The number of carbonyl (C=O) groups is 2. The van der Waals surface area contributed by atoms with Crippen LogP contribution in [0, 0.1) is 0 Å². The highest BCUT2D eigenvalue weighted by Gasteiger charge is 2.38. The number of carbonyl (C=O) groups excluding carboxylic acids is 1. The second-order valence-corrected chi connectivity index (χ2v) is 6.33.